The number of aromatic nitrogens is 2. The molecule has 0 fully saturated rings. The molecule has 0 radical (unpaired) electrons. The summed E-state index contributed by atoms with van der Waals surface area (Å²) in [5.74, 6) is -0.400. The number of nitro groups is 1. The lowest BCUT2D eigenvalue weighted by atomic mass is 10.0. The Morgan fingerprint density at radius 1 is 1.12 bits per heavy atom. The second kappa shape index (κ2) is 9.21. The molecule has 3 aromatic rings. The van der Waals surface area contributed by atoms with Crippen LogP contribution >= 0.6 is 0 Å². The van der Waals surface area contributed by atoms with E-state index >= 15 is 0 Å². The average molecular weight is 446 g/mol. The van der Waals surface area contributed by atoms with E-state index in [-0.39, 0.29) is 24.2 Å². The Morgan fingerprint density at radius 3 is 2.38 bits per heavy atom. The average Bonchev–Trinajstić information content (AvgIpc) is 3.01. The molecule has 2 aromatic carbocycles. The standard InChI is InChI=1S/C22H21F3N4O3/c1-14-20(29(31)32)15(2)28(27-14)13-16-7-9-18(10-8-16)21(30)26-12-11-17-5-3-4-6-19(17)22(23,24)25/h3-10H,11-13H2,1-2H3,(H,26,30). The van der Waals surface area contributed by atoms with E-state index < -0.39 is 22.6 Å². The highest BCUT2D eigenvalue weighted by Gasteiger charge is 2.32. The molecule has 0 aliphatic rings. The number of amides is 1. The summed E-state index contributed by atoms with van der Waals surface area (Å²) in [4.78, 5) is 23.0. The summed E-state index contributed by atoms with van der Waals surface area (Å²) in [6.07, 6.45) is -4.39. The van der Waals surface area contributed by atoms with Gasteiger partial charge in [0.25, 0.3) is 5.91 Å². The van der Waals surface area contributed by atoms with Gasteiger partial charge in [-0.25, -0.2) is 0 Å². The zero-order valence-electron chi connectivity index (χ0n) is 17.4. The molecule has 168 valence electrons. The number of carbonyl (C=O) groups excluding carboxylic acids is 1. The number of halogens is 3. The minimum absolute atomic E-state index is 0.0203. The van der Waals surface area contributed by atoms with Crippen molar-refractivity contribution in [3.05, 3.63) is 92.3 Å². The first-order chi connectivity index (χ1) is 15.1. The third-order valence-corrected chi connectivity index (χ3v) is 5.08. The zero-order valence-corrected chi connectivity index (χ0v) is 17.4. The van der Waals surface area contributed by atoms with Crippen LogP contribution in [0.4, 0.5) is 18.9 Å². The third-order valence-electron chi connectivity index (χ3n) is 5.08. The summed E-state index contributed by atoms with van der Waals surface area (Å²) >= 11 is 0. The van der Waals surface area contributed by atoms with Crippen molar-refractivity contribution in [2.75, 3.05) is 6.54 Å². The van der Waals surface area contributed by atoms with Gasteiger partial charge in [-0.3, -0.25) is 19.6 Å². The summed E-state index contributed by atoms with van der Waals surface area (Å²) in [5.41, 5.74) is 1.31. The van der Waals surface area contributed by atoms with Gasteiger partial charge in [0, 0.05) is 12.1 Å². The predicted molar refractivity (Wildman–Crippen MR) is 111 cm³/mol. The van der Waals surface area contributed by atoms with Crippen LogP contribution in [0.3, 0.4) is 0 Å². The highest BCUT2D eigenvalue weighted by molar-refractivity contribution is 5.94. The van der Waals surface area contributed by atoms with Crippen molar-refractivity contribution >= 4 is 11.6 Å². The largest absolute Gasteiger partial charge is 0.416 e. The molecule has 1 N–H and O–H groups in total. The monoisotopic (exact) mass is 446 g/mol. The number of benzene rings is 2. The molecule has 10 heteroatoms. The first kappa shape index (κ1) is 23.0. The Hall–Kier alpha value is -3.69. The van der Waals surface area contributed by atoms with Crippen molar-refractivity contribution in [3.63, 3.8) is 0 Å². The van der Waals surface area contributed by atoms with Crippen molar-refractivity contribution in [3.8, 4) is 0 Å². The van der Waals surface area contributed by atoms with Crippen LogP contribution in [0.15, 0.2) is 48.5 Å². The number of aryl methyl sites for hydroxylation is 1. The van der Waals surface area contributed by atoms with E-state index in [9.17, 15) is 28.1 Å². The van der Waals surface area contributed by atoms with Crippen molar-refractivity contribution in [2.24, 2.45) is 0 Å². The molecule has 0 saturated carbocycles. The highest BCUT2D eigenvalue weighted by Crippen LogP contribution is 2.31. The van der Waals surface area contributed by atoms with Gasteiger partial charge in [-0.15, -0.1) is 0 Å². The Morgan fingerprint density at radius 2 is 1.78 bits per heavy atom. The van der Waals surface area contributed by atoms with Crippen LogP contribution < -0.4 is 5.32 Å². The fraction of sp³-hybridized carbons (Fsp3) is 0.273. The van der Waals surface area contributed by atoms with Crippen LogP contribution in [0.2, 0.25) is 0 Å². The molecule has 0 aliphatic carbocycles. The van der Waals surface area contributed by atoms with E-state index in [1.54, 1.807) is 38.1 Å². The van der Waals surface area contributed by atoms with Crippen molar-refractivity contribution in [2.45, 2.75) is 33.0 Å². The molecule has 1 aromatic heterocycles. The van der Waals surface area contributed by atoms with Crippen molar-refractivity contribution < 1.29 is 22.9 Å². The molecule has 0 spiro atoms. The van der Waals surface area contributed by atoms with Gasteiger partial charge < -0.3 is 5.32 Å². The number of hydrogen-bond donors (Lipinski definition) is 1. The summed E-state index contributed by atoms with van der Waals surface area (Å²) < 4.78 is 40.7. The maximum Gasteiger partial charge on any atom is 0.416 e. The fourth-order valence-electron chi connectivity index (χ4n) is 3.47. The number of carbonyl (C=O) groups is 1. The number of alkyl halides is 3. The molecule has 1 heterocycles. The minimum Gasteiger partial charge on any atom is -0.352 e. The predicted octanol–water partition coefficient (Wildman–Crippen LogP) is 4.45. The fourth-order valence-corrected chi connectivity index (χ4v) is 3.47. The topological polar surface area (TPSA) is 90.1 Å². The van der Waals surface area contributed by atoms with E-state index in [1.165, 1.54) is 22.9 Å². The smallest absolute Gasteiger partial charge is 0.352 e. The lowest BCUT2D eigenvalue weighted by Gasteiger charge is -2.13. The molecule has 32 heavy (non-hydrogen) atoms. The molecule has 7 nitrogen and oxygen atoms in total. The lowest BCUT2D eigenvalue weighted by molar-refractivity contribution is -0.386. The third kappa shape index (κ3) is 5.13. The van der Waals surface area contributed by atoms with Crippen LogP contribution in [0.5, 0.6) is 0 Å². The highest BCUT2D eigenvalue weighted by atomic mass is 19.4. The molecule has 1 amide bonds. The molecule has 3 rings (SSSR count). The summed E-state index contributed by atoms with van der Waals surface area (Å²) in [6.45, 7) is 3.55. The second-order valence-corrected chi connectivity index (χ2v) is 7.29. The second-order valence-electron chi connectivity index (χ2n) is 7.29. The summed E-state index contributed by atoms with van der Waals surface area (Å²) in [5, 5.41) is 17.9. The summed E-state index contributed by atoms with van der Waals surface area (Å²) in [6, 6.07) is 11.9. The van der Waals surface area contributed by atoms with E-state index in [1.807, 2.05) is 0 Å². The van der Waals surface area contributed by atoms with Gasteiger partial charge in [-0.05, 0) is 49.6 Å². The zero-order chi connectivity index (χ0) is 23.5. The maximum atomic E-state index is 13.1. The molecule has 0 saturated heterocycles. The van der Waals surface area contributed by atoms with Crippen molar-refractivity contribution in [1.29, 1.82) is 0 Å². The van der Waals surface area contributed by atoms with E-state index in [2.05, 4.69) is 10.4 Å². The van der Waals surface area contributed by atoms with Crippen LogP contribution in [0, 0.1) is 24.0 Å². The number of rotatable bonds is 7. The van der Waals surface area contributed by atoms with Gasteiger partial charge in [-0.1, -0.05) is 30.3 Å². The summed E-state index contributed by atoms with van der Waals surface area (Å²) in [7, 11) is 0. The molecular weight excluding hydrogens is 425 g/mol. The van der Waals surface area contributed by atoms with Crippen LogP contribution in [-0.2, 0) is 19.1 Å². The van der Waals surface area contributed by atoms with Crippen LogP contribution in [-0.4, -0.2) is 27.2 Å². The Balaban J connectivity index is 1.61. The van der Waals surface area contributed by atoms with E-state index in [0.29, 0.717) is 23.5 Å². The van der Waals surface area contributed by atoms with Gasteiger partial charge in [0.2, 0.25) is 0 Å². The Labute approximate surface area is 182 Å². The van der Waals surface area contributed by atoms with E-state index in [4.69, 9.17) is 0 Å². The van der Waals surface area contributed by atoms with Crippen molar-refractivity contribution in [1.82, 2.24) is 15.1 Å². The first-order valence-electron chi connectivity index (χ1n) is 9.78. The van der Waals surface area contributed by atoms with Crippen LogP contribution in [0.1, 0.15) is 38.4 Å². The Kier molecular flexibility index (Phi) is 6.61. The normalized spacial score (nSPS) is 11.4. The quantitative estimate of drug-likeness (QED) is 0.429. The van der Waals surface area contributed by atoms with Gasteiger partial charge in [-0.2, -0.15) is 18.3 Å². The lowest BCUT2D eigenvalue weighted by Crippen LogP contribution is -2.26. The SMILES string of the molecule is Cc1nn(Cc2ccc(C(=O)NCCc3ccccc3C(F)(F)F)cc2)c(C)c1[N+](=O)[O-]. The van der Waals surface area contributed by atoms with Gasteiger partial charge in [0.1, 0.15) is 11.4 Å². The Bertz CT molecular complexity index is 1140. The number of hydrogen-bond acceptors (Lipinski definition) is 4. The molecule has 0 unspecified atom stereocenters. The molecule has 0 aliphatic heterocycles. The van der Waals surface area contributed by atoms with Gasteiger partial charge in [0.15, 0.2) is 0 Å². The van der Waals surface area contributed by atoms with Gasteiger partial charge in [0.05, 0.1) is 17.0 Å². The first-order valence-corrected chi connectivity index (χ1v) is 9.78. The molecular formula is C22H21F3N4O3. The maximum absolute atomic E-state index is 13.1. The van der Waals surface area contributed by atoms with Gasteiger partial charge >= 0.3 is 11.9 Å². The minimum atomic E-state index is -4.44. The van der Waals surface area contributed by atoms with E-state index in [0.717, 1.165) is 11.6 Å². The number of nitrogens with one attached hydrogen (secondary N) is 1. The van der Waals surface area contributed by atoms with Crippen LogP contribution in [0.25, 0.3) is 0 Å². The molecule has 0 atom stereocenters. The number of nitrogens with zero attached hydrogens (tertiary/aromatic N) is 3. The molecule has 0 bridgehead atoms.